The van der Waals surface area contributed by atoms with Crippen molar-refractivity contribution in [1.82, 2.24) is 19.3 Å². The Hall–Kier alpha value is -4.93. The van der Waals surface area contributed by atoms with E-state index in [-0.39, 0.29) is 17.7 Å². The average molecular weight is 528 g/mol. The zero-order valence-electron chi connectivity index (χ0n) is 22.2. The maximum absolute atomic E-state index is 13.6. The normalized spacial score (nSPS) is 13.3. The maximum atomic E-state index is 13.6. The van der Waals surface area contributed by atoms with Crippen LogP contribution in [0.15, 0.2) is 59.4 Å². The highest BCUT2D eigenvalue weighted by atomic mass is 16.5. The van der Waals surface area contributed by atoms with Crippen LogP contribution in [0.4, 0.5) is 16.3 Å². The number of aryl methyl sites for hydroxylation is 2. The molecule has 0 aliphatic carbocycles. The first-order chi connectivity index (χ1) is 18.7. The number of amides is 3. The quantitative estimate of drug-likeness (QED) is 0.393. The Morgan fingerprint density at radius 2 is 1.74 bits per heavy atom. The Bertz CT molecular complexity index is 1640. The van der Waals surface area contributed by atoms with Crippen LogP contribution < -0.4 is 26.0 Å². The third-order valence-corrected chi connectivity index (χ3v) is 6.81. The first-order valence-electron chi connectivity index (χ1n) is 12.5. The van der Waals surface area contributed by atoms with Crippen molar-refractivity contribution in [3.05, 3.63) is 81.9 Å². The van der Waals surface area contributed by atoms with Crippen LogP contribution >= 0.6 is 0 Å². The predicted molar refractivity (Wildman–Crippen MR) is 148 cm³/mol. The van der Waals surface area contributed by atoms with Gasteiger partial charge in [0.1, 0.15) is 5.82 Å². The fourth-order valence-corrected chi connectivity index (χ4v) is 4.90. The molecule has 1 aliphatic rings. The molecule has 0 unspecified atom stereocenters. The van der Waals surface area contributed by atoms with Gasteiger partial charge in [-0.1, -0.05) is 25.1 Å². The third kappa shape index (κ3) is 4.52. The number of ether oxygens (including phenoxy) is 1. The van der Waals surface area contributed by atoms with E-state index in [0.717, 1.165) is 22.4 Å². The number of pyridine rings is 1. The predicted octanol–water partition coefficient (Wildman–Crippen LogP) is 3.06. The van der Waals surface area contributed by atoms with Gasteiger partial charge in [-0.15, -0.1) is 5.10 Å². The van der Waals surface area contributed by atoms with Crippen LogP contribution in [0.2, 0.25) is 0 Å². The molecule has 0 atom stereocenters. The highest BCUT2D eigenvalue weighted by molar-refractivity contribution is 6.07. The third-order valence-electron chi connectivity index (χ3n) is 6.81. The van der Waals surface area contributed by atoms with Gasteiger partial charge >= 0.3 is 17.7 Å². The number of benzene rings is 2. The van der Waals surface area contributed by atoms with E-state index >= 15 is 0 Å². The van der Waals surface area contributed by atoms with Gasteiger partial charge in [-0.25, -0.2) is 23.8 Å². The van der Waals surface area contributed by atoms with Crippen LogP contribution in [-0.4, -0.2) is 51.5 Å². The standard InChI is InChI=1S/C28H29N7O4/c1-5-22-23(18-9-11-20(12-10-18)35-26(39-4)31-32(3)27(35)37)15-17(2)30-25(22)34-14-13-33(28(34)38)21-8-6-7-19(16-21)24(29)36/h6-12,15-16H,5,13-14H2,1-4H3,(H2,29,36). The van der Waals surface area contributed by atoms with Crippen molar-refractivity contribution in [3.63, 3.8) is 0 Å². The van der Waals surface area contributed by atoms with Crippen molar-refractivity contribution < 1.29 is 14.3 Å². The minimum atomic E-state index is -0.545. The molecule has 3 amide bonds. The number of carbonyl (C=O) groups is 2. The summed E-state index contributed by atoms with van der Waals surface area (Å²) in [4.78, 5) is 45.8. The summed E-state index contributed by atoms with van der Waals surface area (Å²) in [5, 5.41) is 4.10. The van der Waals surface area contributed by atoms with Crippen molar-refractivity contribution in [2.24, 2.45) is 12.8 Å². The SMILES string of the molecule is CCc1c(-c2ccc(-n3c(OC)nn(C)c3=O)cc2)cc(C)nc1N1CCN(c2cccc(C(N)=O)c2)C1=O. The van der Waals surface area contributed by atoms with Gasteiger partial charge in [-0.3, -0.25) is 14.6 Å². The van der Waals surface area contributed by atoms with E-state index in [0.29, 0.717) is 42.3 Å². The lowest BCUT2D eigenvalue weighted by Gasteiger charge is -2.22. The number of rotatable bonds is 7. The number of carbonyl (C=O) groups excluding carboxylic acids is 2. The molecule has 1 fully saturated rings. The van der Waals surface area contributed by atoms with Gasteiger partial charge in [0.05, 0.1) is 12.8 Å². The molecular weight excluding hydrogens is 498 g/mol. The first kappa shape index (κ1) is 25.7. The highest BCUT2D eigenvalue weighted by Gasteiger charge is 2.33. The van der Waals surface area contributed by atoms with Gasteiger partial charge in [0, 0.05) is 42.6 Å². The monoisotopic (exact) mass is 527 g/mol. The second-order valence-electron chi connectivity index (χ2n) is 9.24. The Labute approximate surface area is 225 Å². The Morgan fingerprint density at radius 3 is 2.41 bits per heavy atom. The molecule has 0 bridgehead atoms. The molecule has 1 aliphatic heterocycles. The number of hydrogen-bond acceptors (Lipinski definition) is 6. The number of nitrogens with zero attached hydrogens (tertiary/aromatic N) is 6. The topological polar surface area (TPSA) is 129 Å². The van der Waals surface area contributed by atoms with Gasteiger partial charge in [0.15, 0.2) is 0 Å². The molecule has 200 valence electrons. The van der Waals surface area contributed by atoms with E-state index in [1.807, 2.05) is 44.2 Å². The zero-order valence-corrected chi connectivity index (χ0v) is 22.2. The summed E-state index contributed by atoms with van der Waals surface area (Å²) in [6.07, 6.45) is 0.649. The summed E-state index contributed by atoms with van der Waals surface area (Å²) >= 11 is 0. The van der Waals surface area contributed by atoms with Gasteiger partial charge in [-0.2, -0.15) is 0 Å². The van der Waals surface area contributed by atoms with E-state index in [1.54, 1.807) is 41.1 Å². The maximum Gasteiger partial charge on any atom is 0.353 e. The molecule has 2 aromatic heterocycles. The molecule has 1 saturated heterocycles. The summed E-state index contributed by atoms with van der Waals surface area (Å²) in [6, 6.07) is 16.3. The largest absolute Gasteiger partial charge is 0.467 e. The van der Waals surface area contributed by atoms with Crippen LogP contribution in [-0.2, 0) is 13.5 Å². The van der Waals surface area contributed by atoms with E-state index in [1.165, 1.54) is 16.4 Å². The molecule has 0 saturated carbocycles. The van der Waals surface area contributed by atoms with Crippen molar-refractivity contribution in [1.29, 1.82) is 0 Å². The number of methoxy groups -OCH3 is 1. The highest BCUT2D eigenvalue weighted by Crippen LogP contribution is 2.34. The van der Waals surface area contributed by atoms with Gasteiger partial charge in [0.25, 0.3) is 0 Å². The number of primary amides is 1. The lowest BCUT2D eigenvalue weighted by atomic mass is 9.97. The smallest absolute Gasteiger partial charge is 0.353 e. The number of hydrogen-bond donors (Lipinski definition) is 1. The number of urea groups is 1. The zero-order chi connectivity index (χ0) is 27.8. The average Bonchev–Trinajstić information content (AvgIpc) is 3.46. The first-order valence-corrected chi connectivity index (χ1v) is 12.5. The minimum absolute atomic E-state index is 0.199. The number of anilines is 2. The van der Waals surface area contributed by atoms with Crippen LogP contribution in [0.1, 0.15) is 28.5 Å². The molecule has 3 heterocycles. The summed E-state index contributed by atoms with van der Waals surface area (Å²) in [6.45, 7) is 4.83. The Morgan fingerprint density at radius 1 is 1.03 bits per heavy atom. The molecule has 39 heavy (non-hydrogen) atoms. The fourth-order valence-electron chi connectivity index (χ4n) is 4.90. The van der Waals surface area contributed by atoms with Gasteiger partial charge in [0.2, 0.25) is 5.91 Å². The molecule has 0 spiro atoms. The van der Waals surface area contributed by atoms with Crippen LogP contribution in [0.25, 0.3) is 16.8 Å². The van der Waals surface area contributed by atoms with Crippen molar-refractivity contribution in [2.75, 3.05) is 30.0 Å². The fraction of sp³-hybridized carbons (Fsp3) is 0.250. The Balaban J connectivity index is 1.51. The Kier molecular flexibility index (Phi) is 6.65. The molecule has 4 aromatic rings. The van der Waals surface area contributed by atoms with Crippen molar-refractivity contribution in [2.45, 2.75) is 20.3 Å². The minimum Gasteiger partial charge on any atom is -0.467 e. The molecular formula is C28H29N7O4. The summed E-state index contributed by atoms with van der Waals surface area (Å²) in [5.74, 6) is 0.0664. The van der Waals surface area contributed by atoms with E-state index in [9.17, 15) is 14.4 Å². The van der Waals surface area contributed by atoms with Crippen LogP contribution in [0.3, 0.4) is 0 Å². The lowest BCUT2D eigenvalue weighted by molar-refractivity contribution is 0.1000. The molecule has 11 nitrogen and oxygen atoms in total. The summed E-state index contributed by atoms with van der Waals surface area (Å²) in [7, 11) is 3.04. The summed E-state index contributed by atoms with van der Waals surface area (Å²) < 4.78 is 7.89. The number of nitrogens with two attached hydrogens (primary N) is 1. The van der Waals surface area contributed by atoms with Gasteiger partial charge in [-0.05, 0) is 60.9 Å². The molecule has 11 heteroatoms. The second-order valence-corrected chi connectivity index (χ2v) is 9.24. The number of aromatic nitrogens is 4. The van der Waals surface area contributed by atoms with Crippen LogP contribution in [0, 0.1) is 6.92 Å². The van der Waals surface area contributed by atoms with E-state index < -0.39 is 5.91 Å². The van der Waals surface area contributed by atoms with Crippen molar-refractivity contribution in [3.8, 4) is 22.8 Å². The molecule has 5 rings (SSSR count). The molecule has 2 aromatic carbocycles. The summed E-state index contributed by atoms with van der Waals surface area (Å²) in [5.41, 5.74) is 10.3. The van der Waals surface area contributed by atoms with Crippen molar-refractivity contribution >= 4 is 23.4 Å². The molecule has 2 N–H and O–H groups in total. The second kappa shape index (κ2) is 10.1. The van der Waals surface area contributed by atoms with E-state index in [4.69, 9.17) is 15.5 Å². The molecule has 0 radical (unpaired) electrons. The van der Waals surface area contributed by atoms with E-state index in [2.05, 4.69) is 5.10 Å². The lowest BCUT2D eigenvalue weighted by Crippen LogP contribution is -2.33. The van der Waals surface area contributed by atoms with Gasteiger partial charge < -0.3 is 10.5 Å². The van der Waals surface area contributed by atoms with Crippen LogP contribution in [0.5, 0.6) is 6.01 Å².